The Morgan fingerprint density at radius 2 is 0.667 bits per heavy atom. The van der Waals surface area contributed by atoms with E-state index in [0.29, 0.717) is 0 Å². The molecule has 0 fully saturated rings. The minimum absolute atomic E-state index is 0. The fourth-order valence-corrected chi connectivity index (χ4v) is 0. The predicted octanol–water partition coefficient (Wildman–Crippen LogP) is -1.96. The molecule has 4 N–H and O–H groups in total. The van der Waals surface area contributed by atoms with E-state index < -0.39 is 20.8 Å². The van der Waals surface area contributed by atoms with E-state index in [2.05, 4.69) is 0 Å². The molecule has 0 atom stereocenters. The van der Waals surface area contributed by atoms with Crippen LogP contribution in [0.3, 0.4) is 0 Å². The first-order valence-electron chi connectivity index (χ1n) is 1.40. The Bertz CT molecular complexity index is 213. The molecule has 0 aromatic rings. The Morgan fingerprint density at radius 3 is 0.667 bits per heavy atom. The first-order chi connectivity index (χ1) is 4.00. The normalized spacial score (nSPS) is 9.67. The molecule has 0 aromatic heterocycles. The monoisotopic (exact) mass is 288 g/mol. The topological polar surface area (TPSA) is 149 Å². The Hall–Kier alpha value is 1.91. The third-order valence-corrected chi connectivity index (χ3v) is 0. The Morgan fingerprint density at radius 1 is 0.667 bits per heavy atom. The molecule has 0 aliphatic rings. The second kappa shape index (κ2) is 9.46. The summed E-state index contributed by atoms with van der Waals surface area (Å²) in [5, 5.41) is 0. The summed E-state index contributed by atoms with van der Waals surface area (Å²) >= 11 is 0. The van der Waals surface area contributed by atoms with Crippen LogP contribution < -0.4 is 0 Å². The SMILES string of the molecule is O=S(=O)(O)O.O=S(=O)(O)O.[Cr].[KH]. The molecule has 12 heavy (non-hydrogen) atoms. The molecule has 0 bridgehead atoms. The fraction of sp³-hybridized carbons (Fsp3) is 0. The van der Waals surface area contributed by atoms with Gasteiger partial charge in [0.15, 0.2) is 0 Å². The molecule has 0 aliphatic carbocycles. The first-order valence-corrected chi connectivity index (χ1v) is 4.19. The van der Waals surface area contributed by atoms with Gasteiger partial charge in [-0.05, 0) is 0 Å². The number of rotatable bonds is 0. The van der Waals surface area contributed by atoms with Gasteiger partial charge in [-0.15, -0.1) is 0 Å². The van der Waals surface area contributed by atoms with Gasteiger partial charge >= 0.3 is 72.2 Å². The van der Waals surface area contributed by atoms with Crippen LogP contribution in [0.15, 0.2) is 0 Å². The van der Waals surface area contributed by atoms with E-state index in [1.54, 1.807) is 0 Å². The van der Waals surface area contributed by atoms with E-state index >= 15 is 0 Å². The minimum atomic E-state index is -4.67. The van der Waals surface area contributed by atoms with Crippen LogP contribution >= 0.6 is 0 Å². The van der Waals surface area contributed by atoms with E-state index in [-0.39, 0.29) is 68.7 Å². The molecule has 0 unspecified atom stereocenters. The van der Waals surface area contributed by atoms with Gasteiger partial charge in [0.2, 0.25) is 0 Å². The van der Waals surface area contributed by atoms with E-state index in [1.165, 1.54) is 0 Å². The zero-order valence-electron chi connectivity index (χ0n) is 4.65. The summed E-state index contributed by atoms with van der Waals surface area (Å²) in [6, 6.07) is 0. The van der Waals surface area contributed by atoms with Crippen LogP contribution in [0.4, 0.5) is 0 Å². The molecule has 72 valence electrons. The van der Waals surface area contributed by atoms with Gasteiger partial charge in [-0.25, -0.2) is 0 Å². The van der Waals surface area contributed by atoms with Gasteiger partial charge < -0.3 is 0 Å². The third kappa shape index (κ3) is 389. The average Bonchev–Trinajstić information content (AvgIpc) is 1.12. The van der Waals surface area contributed by atoms with Crippen LogP contribution in [0, 0.1) is 0 Å². The van der Waals surface area contributed by atoms with Gasteiger partial charge in [-0.3, -0.25) is 18.2 Å². The molecule has 0 saturated carbocycles. The summed E-state index contributed by atoms with van der Waals surface area (Å²) in [4.78, 5) is 0. The van der Waals surface area contributed by atoms with E-state index in [1.807, 2.05) is 0 Å². The van der Waals surface area contributed by atoms with Gasteiger partial charge in [0.05, 0.1) is 0 Å². The van der Waals surface area contributed by atoms with Crippen molar-refractivity contribution in [3.8, 4) is 0 Å². The van der Waals surface area contributed by atoms with Gasteiger partial charge in [0, 0.05) is 17.4 Å². The number of hydrogen-bond acceptors (Lipinski definition) is 4. The maximum atomic E-state index is 8.74. The van der Waals surface area contributed by atoms with Crippen molar-refractivity contribution in [2.24, 2.45) is 0 Å². The molecule has 12 heteroatoms. The summed E-state index contributed by atoms with van der Waals surface area (Å²) in [7, 11) is -9.33. The van der Waals surface area contributed by atoms with E-state index in [9.17, 15) is 0 Å². The summed E-state index contributed by atoms with van der Waals surface area (Å²) in [5.74, 6) is 0. The van der Waals surface area contributed by atoms with Gasteiger partial charge in [0.25, 0.3) is 0 Å². The second-order valence-electron chi connectivity index (χ2n) is 0.896. The van der Waals surface area contributed by atoms with Crippen molar-refractivity contribution in [2.45, 2.75) is 0 Å². The average molecular weight is 288 g/mol. The van der Waals surface area contributed by atoms with Crippen molar-refractivity contribution in [1.82, 2.24) is 0 Å². The predicted molar refractivity (Wildman–Crippen MR) is 35.5 cm³/mol. The molecule has 0 aromatic carbocycles. The molecule has 0 amide bonds. The van der Waals surface area contributed by atoms with Crippen molar-refractivity contribution < 1.29 is 52.4 Å². The molecular weight excluding hydrogens is 283 g/mol. The van der Waals surface area contributed by atoms with Crippen LogP contribution in [-0.4, -0.2) is 86.4 Å². The van der Waals surface area contributed by atoms with E-state index in [0.717, 1.165) is 0 Å². The van der Waals surface area contributed by atoms with Crippen molar-refractivity contribution in [3.05, 3.63) is 0 Å². The Balaban J connectivity index is -0.0000000457. The molecule has 0 spiro atoms. The zero-order chi connectivity index (χ0) is 9.00. The first kappa shape index (κ1) is 23.6. The summed E-state index contributed by atoms with van der Waals surface area (Å²) in [6.45, 7) is 0. The Labute approximate surface area is 122 Å². The zero-order valence-corrected chi connectivity index (χ0v) is 7.55. The van der Waals surface area contributed by atoms with Crippen molar-refractivity contribution in [3.63, 3.8) is 0 Å². The third-order valence-electron chi connectivity index (χ3n) is 0. The molecule has 0 saturated heterocycles. The van der Waals surface area contributed by atoms with Crippen LogP contribution in [0.5, 0.6) is 0 Å². The molecule has 8 nitrogen and oxygen atoms in total. The van der Waals surface area contributed by atoms with Crippen molar-refractivity contribution in [2.75, 3.05) is 0 Å². The van der Waals surface area contributed by atoms with Crippen LogP contribution in [-0.2, 0) is 38.2 Å². The molecular formula is H5CrKO8S2. The standard InChI is InChI=1S/Cr.K.2H2O4S.H/c;;2*1-5(2,3)4;/h;;2*(H2,1,2,3,4);. The van der Waals surface area contributed by atoms with Crippen LogP contribution in [0.1, 0.15) is 0 Å². The van der Waals surface area contributed by atoms with Gasteiger partial charge in [0.1, 0.15) is 0 Å². The summed E-state index contributed by atoms with van der Waals surface area (Å²) in [5.41, 5.74) is 0. The quantitative estimate of drug-likeness (QED) is 0.296. The van der Waals surface area contributed by atoms with Crippen LogP contribution in [0.2, 0.25) is 0 Å². The molecule has 0 aliphatic heterocycles. The molecule has 0 rings (SSSR count). The van der Waals surface area contributed by atoms with Gasteiger partial charge in [-0.2, -0.15) is 16.8 Å². The summed E-state index contributed by atoms with van der Waals surface area (Å²) < 4.78 is 63.2. The molecule has 0 heterocycles. The van der Waals surface area contributed by atoms with Gasteiger partial charge in [-0.1, -0.05) is 0 Å². The maximum absolute atomic E-state index is 8.74. The Kier molecular flexibility index (Phi) is 18.6. The summed E-state index contributed by atoms with van der Waals surface area (Å²) in [6.07, 6.45) is 0. The van der Waals surface area contributed by atoms with Crippen molar-refractivity contribution in [1.29, 1.82) is 0 Å². The van der Waals surface area contributed by atoms with E-state index in [4.69, 9.17) is 35.0 Å². The van der Waals surface area contributed by atoms with Crippen LogP contribution in [0.25, 0.3) is 0 Å². The molecule has 0 radical (unpaired) electrons. The van der Waals surface area contributed by atoms with Crippen molar-refractivity contribution >= 4 is 72.2 Å². The number of hydrogen-bond donors (Lipinski definition) is 4. The second-order valence-corrected chi connectivity index (χ2v) is 2.69. The fourth-order valence-electron chi connectivity index (χ4n) is 0.